The average molecular weight is 387 g/mol. The lowest BCUT2D eigenvalue weighted by atomic mass is 10.1. The number of methoxy groups -OCH3 is 3. The molecule has 1 heterocycles. The van der Waals surface area contributed by atoms with Crippen LogP contribution in [0.25, 0.3) is 34.0 Å². The van der Waals surface area contributed by atoms with E-state index in [-0.39, 0.29) is 0 Å². The first kappa shape index (κ1) is 18.9. The topological polar surface area (TPSA) is 32.6 Å². The van der Waals surface area contributed by atoms with Crippen LogP contribution >= 0.6 is 0 Å². The molecule has 0 amide bonds. The minimum Gasteiger partial charge on any atom is -0.493 e. The smallest absolute Gasteiger partial charge is 0.203 e. The molecule has 0 N–H and O–H groups in total. The Morgan fingerprint density at radius 2 is 1.38 bits per heavy atom. The Morgan fingerprint density at radius 3 is 2.03 bits per heavy atom. The summed E-state index contributed by atoms with van der Waals surface area (Å²) in [7, 11) is 4.86. The van der Waals surface area contributed by atoms with E-state index in [1.54, 1.807) is 21.3 Å². The summed E-state index contributed by atoms with van der Waals surface area (Å²) >= 11 is 0. The zero-order valence-corrected chi connectivity index (χ0v) is 17.2. The monoisotopic (exact) mass is 387 g/mol. The maximum Gasteiger partial charge on any atom is 0.203 e. The quantitative estimate of drug-likeness (QED) is 0.380. The van der Waals surface area contributed by atoms with Crippen LogP contribution in [0.4, 0.5) is 0 Å². The highest BCUT2D eigenvalue weighted by Crippen LogP contribution is 2.38. The van der Waals surface area contributed by atoms with Gasteiger partial charge in [-0.1, -0.05) is 36.4 Å². The SMILES string of the molecule is CCn1c2ccccc2c2cc(/C=C\c3cc(OC)c(OC)c(OC)c3)ccc21. The second-order valence-corrected chi connectivity index (χ2v) is 6.83. The predicted octanol–water partition coefficient (Wildman–Crippen LogP) is 6.01. The number of fused-ring (bicyclic) bond motifs is 3. The van der Waals surface area contributed by atoms with Crippen LogP contribution in [0.5, 0.6) is 17.2 Å². The van der Waals surface area contributed by atoms with Crippen molar-refractivity contribution in [1.82, 2.24) is 4.57 Å². The third-order valence-corrected chi connectivity index (χ3v) is 5.27. The molecule has 0 unspecified atom stereocenters. The number of aromatic nitrogens is 1. The third kappa shape index (κ3) is 3.31. The van der Waals surface area contributed by atoms with Crippen molar-refractivity contribution in [2.45, 2.75) is 13.5 Å². The van der Waals surface area contributed by atoms with Crippen molar-refractivity contribution in [2.75, 3.05) is 21.3 Å². The van der Waals surface area contributed by atoms with Crippen molar-refractivity contribution >= 4 is 34.0 Å². The van der Waals surface area contributed by atoms with Gasteiger partial charge in [0.2, 0.25) is 5.75 Å². The van der Waals surface area contributed by atoms with Crippen molar-refractivity contribution in [3.63, 3.8) is 0 Å². The third-order valence-electron chi connectivity index (χ3n) is 5.27. The molecule has 4 nitrogen and oxygen atoms in total. The van der Waals surface area contributed by atoms with Gasteiger partial charge in [0.25, 0.3) is 0 Å². The zero-order chi connectivity index (χ0) is 20.4. The fraction of sp³-hybridized carbons (Fsp3) is 0.200. The summed E-state index contributed by atoms with van der Waals surface area (Å²) in [6, 6.07) is 19.1. The molecule has 4 rings (SSSR count). The first-order valence-corrected chi connectivity index (χ1v) is 9.69. The van der Waals surface area contributed by atoms with Crippen LogP contribution in [0.15, 0.2) is 54.6 Å². The van der Waals surface area contributed by atoms with E-state index >= 15 is 0 Å². The molecular formula is C25H25NO3. The lowest BCUT2D eigenvalue weighted by molar-refractivity contribution is 0.324. The molecular weight excluding hydrogens is 362 g/mol. The van der Waals surface area contributed by atoms with Gasteiger partial charge in [-0.2, -0.15) is 0 Å². The second-order valence-electron chi connectivity index (χ2n) is 6.83. The highest BCUT2D eigenvalue weighted by atomic mass is 16.5. The second kappa shape index (κ2) is 7.92. The molecule has 0 aliphatic rings. The standard InChI is InChI=1S/C25H25NO3/c1-5-26-21-9-7-6-8-19(21)20-14-17(12-13-22(20)26)10-11-18-15-23(27-2)25(29-4)24(16-18)28-3/h6-16H,5H2,1-4H3/b11-10-. The lowest BCUT2D eigenvalue weighted by Gasteiger charge is -2.12. The normalized spacial score (nSPS) is 11.4. The van der Waals surface area contributed by atoms with Gasteiger partial charge in [0.15, 0.2) is 11.5 Å². The molecule has 3 aromatic carbocycles. The van der Waals surface area contributed by atoms with Crippen LogP contribution < -0.4 is 14.2 Å². The zero-order valence-electron chi connectivity index (χ0n) is 17.2. The van der Waals surface area contributed by atoms with E-state index in [0.717, 1.165) is 17.7 Å². The maximum absolute atomic E-state index is 5.45. The largest absolute Gasteiger partial charge is 0.493 e. The van der Waals surface area contributed by atoms with Gasteiger partial charge in [-0.05, 0) is 48.4 Å². The number of para-hydroxylation sites is 1. The number of hydrogen-bond acceptors (Lipinski definition) is 3. The number of aryl methyl sites for hydroxylation is 1. The van der Waals surface area contributed by atoms with Crippen LogP contribution in [-0.4, -0.2) is 25.9 Å². The molecule has 0 saturated heterocycles. The van der Waals surface area contributed by atoms with Crippen molar-refractivity contribution in [3.05, 3.63) is 65.7 Å². The predicted molar refractivity (Wildman–Crippen MR) is 120 cm³/mol. The summed E-state index contributed by atoms with van der Waals surface area (Å²) in [5, 5.41) is 2.56. The molecule has 0 spiro atoms. The number of nitrogens with zero attached hydrogens (tertiary/aromatic N) is 1. The maximum atomic E-state index is 5.45. The summed E-state index contributed by atoms with van der Waals surface area (Å²) < 4.78 is 18.7. The van der Waals surface area contributed by atoms with Gasteiger partial charge in [0.1, 0.15) is 0 Å². The Bertz CT molecular complexity index is 1180. The van der Waals surface area contributed by atoms with Crippen molar-refractivity contribution in [1.29, 1.82) is 0 Å². The Balaban J connectivity index is 1.77. The average Bonchev–Trinajstić information content (AvgIpc) is 3.09. The van der Waals surface area contributed by atoms with Crippen LogP contribution in [0, 0.1) is 0 Å². The van der Waals surface area contributed by atoms with Gasteiger partial charge in [-0.3, -0.25) is 0 Å². The molecule has 4 heteroatoms. The van der Waals surface area contributed by atoms with Crippen LogP contribution in [-0.2, 0) is 6.54 Å². The molecule has 4 aromatic rings. The molecule has 29 heavy (non-hydrogen) atoms. The summed E-state index contributed by atoms with van der Waals surface area (Å²) in [6.07, 6.45) is 4.17. The van der Waals surface area contributed by atoms with Crippen LogP contribution in [0.2, 0.25) is 0 Å². The van der Waals surface area contributed by atoms with Crippen molar-refractivity contribution in [3.8, 4) is 17.2 Å². The van der Waals surface area contributed by atoms with Gasteiger partial charge in [-0.15, -0.1) is 0 Å². The molecule has 0 saturated carbocycles. The van der Waals surface area contributed by atoms with Crippen LogP contribution in [0.3, 0.4) is 0 Å². The summed E-state index contributed by atoms with van der Waals surface area (Å²) in [4.78, 5) is 0. The minimum absolute atomic E-state index is 0.598. The molecule has 0 aliphatic carbocycles. The fourth-order valence-electron chi connectivity index (χ4n) is 3.91. The number of benzene rings is 3. The molecule has 0 aliphatic heterocycles. The molecule has 0 bridgehead atoms. The van der Waals surface area contributed by atoms with E-state index in [1.165, 1.54) is 21.8 Å². The minimum atomic E-state index is 0.598. The highest BCUT2D eigenvalue weighted by Gasteiger charge is 2.12. The number of rotatable bonds is 6. The van der Waals surface area contributed by atoms with E-state index in [0.29, 0.717) is 17.2 Å². The van der Waals surface area contributed by atoms with E-state index in [2.05, 4.69) is 66.1 Å². The Kier molecular flexibility index (Phi) is 5.17. The van der Waals surface area contributed by atoms with E-state index in [1.807, 2.05) is 12.1 Å². The Hall–Kier alpha value is -3.40. The molecule has 0 atom stereocenters. The lowest BCUT2D eigenvalue weighted by Crippen LogP contribution is -1.95. The van der Waals surface area contributed by atoms with Gasteiger partial charge < -0.3 is 18.8 Å². The summed E-state index contributed by atoms with van der Waals surface area (Å²) in [5.41, 5.74) is 4.66. The molecule has 1 aromatic heterocycles. The summed E-state index contributed by atoms with van der Waals surface area (Å²) in [6.45, 7) is 3.13. The van der Waals surface area contributed by atoms with E-state index in [9.17, 15) is 0 Å². The van der Waals surface area contributed by atoms with Crippen LogP contribution in [0.1, 0.15) is 18.1 Å². The fourth-order valence-corrected chi connectivity index (χ4v) is 3.91. The van der Waals surface area contributed by atoms with Gasteiger partial charge in [0, 0.05) is 28.4 Å². The van der Waals surface area contributed by atoms with Gasteiger partial charge >= 0.3 is 0 Å². The van der Waals surface area contributed by atoms with Gasteiger partial charge in [0.05, 0.1) is 21.3 Å². The van der Waals surface area contributed by atoms with Crippen molar-refractivity contribution in [2.24, 2.45) is 0 Å². The first-order valence-electron chi connectivity index (χ1n) is 9.69. The summed E-state index contributed by atoms with van der Waals surface area (Å²) in [5.74, 6) is 1.89. The molecule has 148 valence electrons. The first-order chi connectivity index (χ1) is 14.2. The van der Waals surface area contributed by atoms with E-state index < -0.39 is 0 Å². The van der Waals surface area contributed by atoms with Gasteiger partial charge in [-0.25, -0.2) is 0 Å². The van der Waals surface area contributed by atoms with Crippen molar-refractivity contribution < 1.29 is 14.2 Å². The Morgan fingerprint density at radius 1 is 0.724 bits per heavy atom. The number of ether oxygens (including phenoxy) is 3. The van der Waals surface area contributed by atoms with E-state index in [4.69, 9.17) is 14.2 Å². The Labute approximate surface area is 170 Å². The molecule has 0 fully saturated rings. The molecule has 0 radical (unpaired) electrons. The number of hydrogen-bond donors (Lipinski definition) is 0. The highest BCUT2D eigenvalue weighted by molar-refractivity contribution is 6.08.